The van der Waals surface area contributed by atoms with Crippen molar-refractivity contribution in [1.82, 2.24) is 0 Å². The van der Waals surface area contributed by atoms with E-state index < -0.39 is 6.10 Å². The minimum atomic E-state index is -0.533. The molecule has 0 aliphatic rings. The fraction of sp³-hybridized carbons (Fsp3) is 0.467. The maximum Gasteiger partial charge on any atom is 0.0954 e. The summed E-state index contributed by atoms with van der Waals surface area (Å²) < 4.78 is 5.34. The van der Waals surface area contributed by atoms with Gasteiger partial charge < -0.3 is 9.84 Å². The van der Waals surface area contributed by atoms with Gasteiger partial charge in [-0.05, 0) is 24.5 Å². The molecular weight excluding hydrogens is 244 g/mol. The molecule has 0 aromatic heterocycles. The molecule has 1 unspecified atom stereocenters. The van der Waals surface area contributed by atoms with Crippen molar-refractivity contribution in [1.29, 1.82) is 0 Å². The lowest BCUT2D eigenvalue weighted by Gasteiger charge is -2.27. The molecule has 1 aromatic rings. The van der Waals surface area contributed by atoms with Gasteiger partial charge in [-0.15, -0.1) is 0 Å². The van der Waals surface area contributed by atoms with Crippen LogP contribution in [0.25, 0.3) is 0 Å². The SMILES string of the molecule is CCO/C=C(/Sc1ccccc1)C(O)C(C)(C)C. The molecule has 0 heterocycles. The van der Waals surface area contributed by atoms with E-state index in [2.05, 4.69) is 0 Å². The molecule has 0 amide bonds. The lowest BCUT2D eigenvalue weighted by Crippen LogP contribution is -2.27. The highest BCUT2D eigenvalue weighted by Crippen LogP contribution is 2.35. The van der Waals surface area contributed by atoms with Crippen LogP contribution >= 0.6 is 11.8 Å². The van der Waals surface area contributed by atoms with E-state index in [-0.39, 0.29) is 5.41 Å². The van der Waals surface area contributed by atoms with Crippen LogP contribution in [0, 0.1) is 5.41 Å². The Morgan fingerprint density at radius 1 is 1.33 bits per heavy atom. The third-order valence-electron chi connectivity index (χ3n) is 2.43. The average Bonchev–Trinajstić information content (AvgIpc) is 2.33. The summed E-state index contributed by atoms with van der Waals surface area (Å²) in [5.74, 6) is 0. The number of hydrogen-bond donors (Lipinski definition) is 1. The number of aliphatic hydroxyl groups excluding tert-OH is 1. The van der Waals surface area contributed by atoms with Gasteiger partial charge in [0.05, 0.1) is 23.9 Å². The van der Waals surface area contributed by atoms with Crippen LogP contribution in [-0.4, -0.2) is 17.8 Å². The van der Waals surface area contributed by atoms with Gasteiger partial charge in [-0.3, -0.25) is 0 Å². The van der Waals surface area contributed by atoms with E-state index in [1.54, 1.807) is 18.0 Å². The van der Waals surface area contributed by atoms with Crippen LogP contribution < -0.4 is 0 Å². The molecule has 0 radical (unpaired) electrons. The van der Waals surface area contributed by atoms with Crippen LogP contribution in [-0.2, 0) is 4.74 Å². The molecule has 1 aromatic carbocycles. The zero-order valence-electron chi connectivity index (χ0n) is 11.5. The Hall–Kier alpha value is -0.930. The highest BCUT2D eigenvalue weighted by Gasteiger charge is 2.26. The lowest BCUT2D eigenvalue weighted by atomic mass is 9.89. The molecule has 0 saturated carbocycles. The topological polar surface area (TPSA) is 29.5 Å². The summed E-state index contributed by atoms with van der Waals surface area (Å²) >= 11 is 1.55. The number of hydrogen-bond acceptors (Lipinski definition) is 3. The van der Waals surface area contributed by atoms with Gasteiger partial charge in [-0.1, -0.05) is 50.7 Å². The summed E-state index contributed by atoms with van der Waals surface area (Å²) in [6.45, 7) is 8.59. The van der Waals surface area contributed by atoms with E-state index in [9.17, 15) is 5.11 Å². The first-order valence-corrected chi connectivity index (χ1v) is 6.99. The predicted molar refractivity (Wildman–Crippen MR) is 77.5 cm³/mol. The lowest BCUT2D eigenvalue weighted by molar-refractivity contribution is 0.0981. The predicted octanol–water partition coefficient (Wildman–Crippen LogP) is 4.06. The highest BCUT2D eigenvalue weighted by atomic mass is 32.2. The highest BCUT2D eigenvalue weighted by molar-refractivity contribution is 8.03. The smallest absolute Gasteiger partial charge is 0.0954 e. The van der Waals surface area contributed by atoms with E-state index in [1.165, 1.54) is 0 Å². The van der Waals surface area contributed by atoms with Gasteiger partial charge >= 0.3 is 0 Å². The molecule has 1 N–H and O–H groups in total. The molecule has 0 aliphatic heterocycles. The molecule has 0 aliphatic carbocycles. The molecule has 1 atom stereocenters. The Kier molecular flexibility index (Phi) is 5.76. The minimum Gasteiger partial charge on any atom is -0.501 e. The van der Waals surface area contributed by atoms with Gasteiger partial charge in [0, 0.05) is 4.90 Å². The van der Waals surface area contributed by atoms with Crippen LogP contribution in [0.2, 0.25) is 0 Å². The first kappa shape index (κ1) is 15.1. The summed E-state index contributed by atoms with van der Waals surface area (Å²) in [6.07, 6.45) is 1.14. The second-order valence-corrected chi connectivity index (χ2v) is 6.31. The Morgan fingerprint density at radius 3 is 2.44 bits per heavy atom. The fourth-order valence-electron chi connectivity index (χ4n) is 1.36. The Labute approximate surface area is 114 Å². The molecule has 0 spiro atoms. The quantitative estimate of drug-likeness (QED) is 0.643. The summed E-state index contributed by atoms with van der Waals surface area (Å²) in [7, 11) is 0. The zero-order chi connectivity index (χ0) is 13.6. The van der Waals surface area contributed by atoms with Crippen molar-refractivity contribution >= 4 is 11.8 Å². The van der Waals surface area contributed by atoms with Crippen molar-refractivity contribution in [3.63, 3.8) is 0 Å². The first-order chi connectivity index (χ1) is 8.45. The largest absolute Gasteiger partial charge is 0.501 e. The van der Waals surface area contributed by atoms with Gasteiger partial charge in [0.15, 0.2) is 0 Å². The fourth-order valence-corrected chi connectivity index (χ4v) is 2.51. The van der Waals surface area contributed by atoms with Crippen LogP contribution in [0.3, 0.4) is 0 Å². The van der Waals surface area contributed by atoms with Crippen molar-refractivity contribution in [2.45, 2.75) is 38.7 Å². The van der Waals surface area contributed by atoms with Gasteiger partial charge in [-0.2, -0.15) is 0 Å². The molecule has 2 nitrogen and oxygen atoms in total. The van der Waals surface area contributed by atoms with Gasteiger partial charge in [-0.25, -0.2) is 0 Å². The van der Waals surface area contributed by atoms with Crippen molar-refractivity contribution < 1.29 is 9.84 Å². The van der Waals surface area contributed by atoms with E-state index in [1.807, 2.05) is 58.0 Å². The average molecular weight is 266 g/mol. The third-order valence-corrected chi connectivity index (χ3v) is 3.50. The van der Waals surface area contributed by atoms with E-state index in [0.717, 1.165) is 9.80 Å². The second kappa shape index (κ2) is 6.86. The van der Waals surface area contributed by atoms with Crippen molar-refractivity contribution in [3.05, 3.63) is 41.5 Å². The van der Waals surface area contributed by atoms with Crippen LogP contribution in [0.15, 0.2) is 46.4 Å². The van der Waals surface area contributed by atoms with Gasteiger partial charge in [0.1, 0.15) is 0 Å². The zero-order valence-corrected chi connectivity index (χ0v) is 12.3. The van der Waals surface area contributed by atoms with Crippen LogP contribution in [0.1, 0.15) is 27.7 Å². The maximum atomic E-state index is 10.4. The van der Waals surface area contributed by atoms with Crippen LogP contribution in [0.4, 0.5) is 0 Å². The molecule has 0 fully saturated rings. The summed E-state index contributed by atoms with van der Waals surface area (Å²) in [5.41, 5.74) is -0.204. The molecule has 1 rings (SSSR count). The molecule has 0 saturated heterocycles. The molecule has 18 heavy (non-hydrogen) atoms. The first-order valence-electron chi connectivity index (χ1n) is 6.17. The second-order valence-electron chi connectivity index (χ2n) is 5.16. The molecule has 3 heteroatoms. The standard InChI is InChI=1S/C15H22O2S/c1-5-17-11-13(14(16)15(2,3)4)18-12-9-7-6-8-10-12/h6-11,14,16H,5H2,1-4H3/b13-11+. The maximum absolute atomic E-state index is 10.4. The number of rotatable bonds is 5. The molecular formula is C15H22O2S. The summed E-state index contributed by atoms with van der Waals surface area (Å²) in [4.78, 5) is 1.95. The minimum absolute atomic E-state index is 0.204. The van der Waals surface area contributed by atoms with E-state index >= 15 is 0 Å². The Bertz CT molecular complexity index is 379. The van der Waals surface area contributed by atoms with E-state index in [0.29, 0.717) is 6.61 Å². The van der Waals surface area contributed by atoms with Crippen molar-refractivity contribution in [2.75, 3.05) is 6.61 Å². The summed E-state index contributed by atoms with van der Waals surface area (Å²) in [6, 6.07) is 10.0. The number of aliphatic hydroxyl groups is 1. The monoisotopic (exact) mass is 266 g/mol. The van der Waals surface area contributed by atoms with E-state index in [4.69, 9.17) is 4.74 Å². The van der Waals surface area contributed by atoms with Crippen LogP contribution in [0.5, 0.6) is 0 Å². The Morgan fingerprint density at radius 2 is 1.94 bits per heavy atom. The Balaban J connectivity index is 2.86. The molecule has 100 valence electrons. The van der Waals surface area contributed by atoms with Gasteiger partial charge in [0.2, 0.25) is 0 Å². The normalized spacial score (nSPS) is 14.4. The number of thioether (sulfide) groups is 1. The van der Waals surface area contributed by atoms with Crippen molar-refractivity contribution in [2.24, 2.45) is 5.41 Å². The van der Waals surface area contributed by atoms with Gasteiger partial charge in [0.25, 0.3) is 0 Å². The third kappa shape index (κ3) is 4.75. The molecule has 0 bridgehead atoms. The number of benzene rings is 1. The van der Waals surface area contributed by atoms with Crippen molar-refractivity contribution in [3.8, 4) is 0 Å². The summed E-state index contributed by atoms with van der Waals surface area (Å²) in [5, 5.41) is 10.4. The number of ether oxygens (including phenoxy) is 1.